The zero-order valence-corrected chi connectivity index (χ0v) is 26.8. The lowest BCUT2D eigenvalue weighted by molar-refractivity contribution is -0.133. The molecule has 5 aromatic rings. The first-order valence-electron chi connectivity index (χ1n) is 15.5. The lowest BCUT2D eigenvalue weighted by Gasteiger charge is -2.35. The molecule has 47 heavy (non-hydrogen) atoms. The number of carbonyl (C=O) groups is 1. The van der Waals surface area contributed by atoms with Gasteiger partial charge in [-0.3, -0.25) is 9.20 Å². The normalized spacial score (nSPS) is 18.1. The van der Waals surface area contributed by atoms with Crippen LogP contribution in [0.25, 0.3) is 28.0 Å². The molecule has 7 rings (SSSR count). The molecule has 2 atom stereocenters. The maximum Gasteiger partial charge on any atom is 0.239 e. The summed E-state index contributed by atoms with van der Waals surface area (Å²) in [5, 5.41) is 23.3. The number of aliphatic hydroxyl groups excluding tert-OH is 1. The molecule has 2 N–H and O–H groups in total. The Morgan fingerprint density at radius 2 is 1.81 bits per heavy atom. The quantitative estimate of drug-likeness (QED) is 0.268. The minimum Gasteiger partial charge on any atom is -0.392 e. The molecule has 4 aromatic heterocycles. The minimum absolute atomic E-state index is 0.0392. The molecule has 0 saturated carbocycles. The second kappa shape index (κ2) is 12.7. The molecule has 0 radical (unpaired) electrons. The van der Waals surface area contributed by atoms with Crippen LogP contribution in [0.1, 0.15) is 23.9 Å². The van der Waals surface area contributed by atoms with Gasteiger partial charge in [-0.1, -0.05) is 18.3 Å². The molecular formula is C33H33FN10O2S. The topological polar surface area (TPSA) is 139 Å². The van der Waals surface area contributed by atoms with Crippen LogP contribution in [-0.4, -0.2) is 92.2 Å². The highest BCUT2D eigenvalue weighted by atomic mass is 32.1. The van der Waals surface area contributed by atoms with E-state index in [-0.39, 0.29) is 17.8 Å². The highest BCUT2D eigenvalue weighted by molar-refractivity contribution is 7.16. The number of aromatic nitrogens is 5. The van der Waals surface area contributed by atoms with Crippen molar-refractivity contribution in [2.24, 2.45) is 0 Å². The summed E-state index contributed by atoms with van der Waals surface area (Å²) in [5.41, 5.74) is 4.60. The average molecular weight is 653 g/mol. The van der Waals surface area contributed by atoms with Crippen LogP contribution in [0.4, 0.5) is 21.3 Å². The number of hydrogen-bond acceptors (Lipinski definition) is 11. The summed E-state index contributed by atoms with van der Waals surface area (Å²) in [7, 11) is 1.91. The van der Waals surface area contributed by atoms with Crippen molar-refractivity contribution >= 4 is 39.8 Å². The van der Waals surface area contributed by atoms with E-state index in [2.05, 4.69) is 26.3 Å². The van der Waals surface area contributed by atoms with Gasteiger partial charge in [0, 0.05) is 75.1 Å². The van der Waals surface area contributed by atoms with Crippen LogP contribution < -0.4 is 15.1 Å². The van der Waals surface area contributed by atoms with Crippen LogP contribution in [0, 0.1) is 17.1 Å². The Kier molecular flexibility index (Phi) is 8.27. The van der Waals surface area contributed by atoms with E-state index in [9.17, 15) is 19.6 Å². The molecule has 0 spiro atoms. The summed E-state index contributed by atoms with van der Waals surface area (Å²) in [4.78, 5) is 38.1. The van der Waals surface area contributed by atoms with Gasteiger partial charge in [0.25, 0.3) is 0 Å². The van der Waals surface area contributed by atoms with E-state index < -0.39 is 6.10 Å². The Morgan fingerprint density at radius 1 is 1.09 bits per heavy atom. The molecule has 6 heterocycles. The second-order valence-corrected chi connectivity index (χ2v) is 12.6. The number of benzene rings is 1. The number of nitrogens with one attached hydrogen (secondary N) is 1. The monoisotopic (exact) mass is 652 g/mol. The van der Waals surface area contributed by atoms with Gasteiger partial charge in [0.2, 0.25) is 11.9 Å². The number of fused-ring (bicyclic) bond motifs is 1. The molecule has 14 heteroatoms. The number of piperazine rings is 1. The molecule has 2 saturated heterocycles. The number of hydrogen-bond donors (Lipinski definition) is 2. The van der Waals surface area contributed by atoms with Crippen molar-refractivity contribution in [2.75, 3.05) is 49.6 Å². The van der Waals surface area contributed by atoms with Crippen molar-refractivity contribution in [1.82, 2.24) is 34.6 Å². The third-order valence-corrected chi connectivity index (χ3v) is 9.73. The fourth-order valence-corrected chi connectivity index (χ4v) is 7.00. The molecule has 0 unspecified atom stereocenters. The number of anilines is 3. The number of nitrogens with zero attached hydrogens (tertiary/aromatic N) is 9. The van der Waals surface area contributed by atoms with Crippen LogP contribution in [0.3, 0.4) is 0 Å². The van der Waals surface area contributed by atoms with E-state index in [0.717, 1.165) is 28.3 Å². The van der Waals surface area contributed by atoms with Crippen LogP contribution in [0.2, 0.25) is 0 Å². The highest BCUT2D eigenvalue weighted by Crippen LogP contribution is 2.37. The number of halogens is 1. The first-order valence-corrected chi connectivity index (χ1v) is 16.3. The van der Waals surface area contributed by atoms with E-state index in [1.54, 1.807) is 24.5 Å². The van der Waals surface area contributed by atoms with Crippen LogP contribution in [0.15, 0.2) is 55.0 Å². The van der Waals surface area contributed by atoms with Crippen LogP contribution in [0.5, 0.6) is 0 Å². The molecule has 0 bridgehead atoms. The van der Waals surface area contributed by atoms with Crippen molar-refractivity contribution in [3.8, 4) is 28.5 Å². The third-order valence-electron chi connectivity index (χ3n) is 8.69. The number of pyridine rings is 1. The van der Waals surface area contributed by atoms with Crippen LogP contribution >= 0.6 is 11.3 Å². The minimum atomic E-state index is -0.467. The second-order valence-electron chi connectivity index (χ2n) is 11.7. The van der Waals surface area contributed by atoms with Gasteiger partial charge in [-0.2, -0.15) is 5.26 Å². The number of rotatable bonds is 7. The van der Waals surface area contributed by atoms with Gasteiger partial charge < -0.3 is 25.1 Å². The average Bonchev–Trinajstić information content (AvgIpc) is 3.84. The molecule has 2 fully saturated rings. The van der Waals surface area contributed by atoms with Gasteiger partial charge in [-0.15, -0.1) is 0 Å². The first kappa shape index (κ1) is 30.7. The van der Waals surface area contributed by atoms with E-state index in [0.29, 0.717) is 72.8 Å². The molecule has 12 nitrogen and oxygen atoms in total. The number of amides is 1. The number of β-amino-alcohol motifs (C(OH)–C–C–N with tert-alkyl or cyclic N) is 1. The van der Waals surface area contributed by atoms with E-state index in [4.69, 9.17) is 9.97 Å². The van der Waals surface area contributed by atoms with Gasteiger partial charge in [0.1, 0.15) is 33.9 Å². The Hall–Kier alpha value is -4.97. The van der Waals surface area contributed by atoms with Crippen molar-refractivity contribution in [2.45, 2.75) is 31.9 Å². The van der Waals surface area contributed by atoms with Gasteiger partial charge in [-0.25, -0.2) is 24.3 Å². The Labute approximate surface area is 274 Å². The van der Waals surface area contributed by atoms with Gasteiger partial charge in [0.05, 0.1) is 17.8 Å². The maximum atomic E-state index is 13.6. The van der Waals surface area contributed by atoms with Crippen molar-refractivity contribution in [1.29, 1.82) is 5.26 Å². The largest absolute Gasteiger partial charge is 0.392 e. The summed E-state index contributed by atoms with van der Waals surface area (Å²) in [5.74, 6) is 1.14. The Bertz CT molecular complexity index is 1960. The van der Waals surface area contributed by atoms with Crippen molar-refractivity contribution in [3.05, 3.63) is 71.4 Å². The molecule has 1 aromatic carbocycles. The predicted molar refractivity (Wildman–Crippen MR) is 177 cm³/mol. The third kappa shape index (κ3) is 5.89. The lowest BCUT2D eigenvalue weighted by atomic mass is 10.1. The zero-order chi connectivity index (χ0) is 32.7. The lowest BCUT2D eigenvalue weighted by Crippen LogP contribution is -2.53. The summed E-state index contributed by atoms with van der Waals surface area (Å²) in [6.07, 6.45) is 6.29. The number of carbonyl (C=O) groups excluding carboxylic acids is 1. The summed E-state index contributed by atoms with van der Waals surface area (Å²) >= 11 is 1.28. The Balaban J connectivity index is 1.11. The maximum absolute atomic E-state index is 13.6. The summed E-state index contributed by atoms with van der Waals surface area (Å²) in [6.45, 7) is 4.91. The van der Waals surface area contributed by atoms with Gasteiger partial charge in [0.15, 0.2) is 5.13 Å². The first-order chi connectivity index (χ1) is 22.8. The van der Waals surface area contributed by atoms with Gasteiger partial charge in [-0.05, 0) is 49.2 Å². The molecule has 0 aliphatic carbocycles. The molecule has 2 aliphatic heterocycles. The highest BCUT2D eigenvalue weighted by Gasteiger charge is 2.33. The standard InChI is InChI=1S/C33H33FN10O2S/c1-3-25-30(41(2)33-40-29(27(15-35)47-33)20-4-7-23(34)8-5-20)44-19-21(6-9-28(44)39-25)22-16-37-32(38-17-22)43-12-10-42(11-13-43)31(46)26-14-24(45)18-36-26/h4-9,16-17,19,24,26,36,45H,3,10-14,18H2,1-2H3/t24-,26-/m1/s1. The van der Waals surface area contributed by atoms with Crippen molar-refractivity contribution in [3.63, 3.8) is 0 Å². The SMILES string of the molecule is CCc1nc2ccc(-c3cnc(N4CCN(C(=O)[C@H]5C[C@@H](O)CN5)CC4)nc3)cn2c1N(C)c1nc(-c2ccc(F)cc2)c(C#N)s1. The Morgan fingerprint density at radius 3 is 2.47 bits per heavy atom. The molecule has 240 valence electrons. The summed E-state index contributed by atoms with van der Waals surface area (Å²) < 4.78 is 15.6. The molecule has 1 amide bonds. The van der Waals surface area contributed by atoms with Gasteiger partial charge >= 0.3 is 0 Å². The fraction of sp³-hybridized carbons (Fsp3) is 0.333. The van der Waals surface area contributed by atoms with E-state index in [1.165, 1.54) is 23.5 Å². The fourth-order valence-electron chi connectivity index (χ4n) is 6.15. The molecular weight excluding hydrogens is 619 g/mol. The van der Waals surface area contributed by atoms with E-state index >= 15 is 0 Å². The molecule has 2 aliphatic rings. The number of aryl methyl sites for hydroxylation is 1. The smallest absolute Gasteiger partial charge is 0.239 e. The number of nitriles is 1. The number of imidazole rings is 1. The number of aliphatic hydroxyl groups is 1. The van der Waals surface area contributed by atoms with Crippen molar-refractivity contribution < 1.29 is 14.3 Å². The van der Waals surface area contributed by atoms with E-state index in [1.807, 2.05) is 46.5 Å². The predicted octanol–water partition coefficient (Wildman–Crippen LogP) is 3.63. The van der Waals surface area contributed by atoms with Crippen LogP contribution in [-0.2, 0) is 11.2 Å². The number of thiazole rings is 1. The zero-order valence-electron chi connectivity index (χ0n) is 26.0. The summed E-state index contributed by atoms with van der Waals surface area (Å²) in [6, 6.07) is 11.9.